The number of halogens is 4. The fourth-order valence-electron chi connectivity index (χ4n) is 1.35. The zero-order valence-corrected chi connectivity index (χ0v) is 11.4. The van der Waals surface area contributed by atoms with Gasteiger partial charge in [0.25, 0.3) is 9.84 Å². The Balaban J connectivity index is 3.44. The van der Waals surface area contributed by atoms with Gasteiger partial charge in [0, 0.05) is 0 Å². The highest BCUT2D eigenvalue weighted by Crippen LogP contribution is 2.35. The van der Waals surface area contributed by atoms with Crippen molar-refractivity contribution in [2.75, 3.05) is 11.9 Å². The van der Waals surface area contributed by atoms with Crippen LogP contribution in [0.2, 0.25) is 0 Å². The molecule has 2 N–H and O–H groups in total. The molecule has 0 bridgehead atoms. The maximum atomic E-state index is 13.1. The van der Waals surface area contributed by atoms with Crippen LogP contribution in [0.5, 0.6) is 0 Å². The van der Waals surface area contributed by atoms with Crippen LogP contribution in [0.15, 0.2) is 23.1 Å². The summed E-state index contributed by atoms with van der Waals surface area (Å²) in [5.41, 5.74) is -7.04. The fourth-order valence-corrected chi connectivity index (χ4v) is 2.28. The van der Waals surface area contributed by atoms with Gasteiger partial charge in [0.2, 0.25) is 0 Å². The smallest absolute Gasteiger partial charge is 0.394 e. The summed E-state index contributed by atoms with van der Waals surface area (Å²) >= 11 is 0. The average molecular weight is 315 g/mol. The van der Waals surface area contributed by atoms with Crippen molar-refractivity contribution in [2.45, 2.75) is 29.8 Å². The molecule has 0 radical (unpaired) electrons. The third-order valence-corrected chi connectivity index (χ3v) is 3.93. The second kappa shape index (κ2) is 5.21. The number of rotatable bonds is 4. The SMILES string of the molecule is CC(C)(CO)Nc1ccc(F)cc1S(=O)(=O)C(F)(F)F. The van der Waals surface area contributed by atoms with Crippen LogP contribution in [-0.4, -0.2) is 31.2 Å². The molecule has 0 saturated carbocycles. The fraction of sp³-hybridized carbons (Fsp3) is 0.455. The number of benzene rings is 1. The lowest BCUT2D eigenvalue weighted by molar-refractivity contribution is -0.0435. The maximum Gasteiger partial charge on any atom is 0.501 e. The van der Waals surface area contributed by atoms with Crippen molar-refractivity contribution in [1.82, 2.24) is 0 Å². The molecular weight excluding hydrogens is 302 g/mol. The van der Waals surface area contributed by atoms with E-state index in [1.54, 1.807) is 0 Å². The molecule has 0 aromatic heterocycles. The Bertz CT molecular complexity index is 596. The first-order chi connectivity index (χ1) is 8.90. The summed E-state index contributed by atoms with van der Waals surface area (Å²) < 4.78 is 73.6. The van der Waals surface area contributed by atoms with Gasteiger partial charge in [-0.2, -0.15) is 13.2 Å². The van der Waals surface area contributed by atoms with Crippen LogP contribution in [0.3, 0.4) is 0 Å². The van der Waals surface area contributed by atoms with Crippen LogP contribution in [0.1, 0.15) is 13.8 Å². The van der Waals surface area contributed by atoms with Crippen molar-refractivity contribution in [3.05, 3.63) is 24.0 Å². The Kier molecular flexibility index (Phi) is 4.35. The molecule has 0 spiro atoms. The summed E-state index contributed by atoms with van der Waals surface area (Å²) in [5.74, 6) is -1.11. The molecule has 0 fully saturated rings. The highest BCUT2D eigenvalue weighted by molar-refractivity contribution is 7.92. The lowest BCUT2D eigenvalue weighted by Gasteiger charge is -2.26. The van der Waals surface area contributed by atoms with E-state index in [9.17, 15) is 26.0 Å². The van der Waals surface area contributed by atoms with E-state index in [1.165, 1.54) is 13.8 Å². The molecule has 0 unspecified atom stereocenters. The molecule has 0 aliphatic heterocycles. The first kappa shape index (κ1) is 16.7. The summed E-state index contributed by atoms with van der Waals surface area (Å²) in [4.78, 5) is -1.22. The van der Waals surface area contributed by atoms with Gasteiger partial charge < -0.3 is 10.4 Å². The Morgan fingerprint density at radius 1 is 1.25 bits per heavy atom. The number of hydrogen-bond donors (Lipinski definition) is 2. The van der Waals surface area contributed by atoms with Crippen molar-refractivity contribution in [2.24, 2.45) is 0 Å². The van der Waals surface area contributed by atoms with Gasteiger partial charge in [0.15, 0.2) is 0 Å². The van der Waals surface area contributed by atoms with E-state index in [-0.39, 0.29) is 0 Å². The minimum atomic E-state index is -5.69. The molecule has 0 heterocycles. The molecule has 0 aliphatic carbocycles. The molecular formula is C11H13F4NO3S. The Morgan fingerprint density at radius 2 is 1.80 bits per heavy atom. The van der Waals surface area contributed by atoms with Crippen LogP contribution >= 0.6 is 0 Å². The number of sulfone groups is 1. The number of anilines is 1. The summed E-state index contributed by atoms with van der Waals surface area (Å²) in [5, 5.41) is 11.5. The predicted octanol–water partition coefficient (Wildman–Crippen LogP) is 2.30. The third-order valence-electron chi connectivity index (χ3n) is 2.41. The van der Waals surface area contributed by atoms with Gasteiger partial charge >= 0.3 is 5.51 Å². The van der Waals surface area contributed by atoms with Crippen LogP contribution in [0.25, 0.3) is 0 Å². The van der Waals surface area contributed by atoms with E-state index in [4.69, 9.17) is 5.11 Å². The molecule has 20 heavy (non-hydrogen) atoms. The zero-order valence-electron chi connectivity index (χ0n) is 10.6. The topological polar surface area (TPSA) is 66.4 Å². The predicted molar refractivity (Wildman–Crippen MR) is 64.4 cm³/mol. The van der Waals surface area contributed by atoms with Crippen LogP contribution in [-0.2, 0) is 9.84 Å². The number of hydrogen-bond acceptors (Lipinski definition) is 4. The number of aliphatic hydroxyl groups is 1. The van der Waals surface area contributed by atoms with Gasteiger partial charge in [-0.1, -0.05) is 0 Å². The second-order valence-corrected chi connectivity index (χ2v) is 6.67. The number of nitrogens with one attached hydrogen (secondary N) is 1. The van der Waals surface area contributed by atoms with Crippen LogP contribution in [0, 0.1) is 5.82 Å². The van der Waals surface area contributed by atoms with Crippen LogP contribution in [0.4, 0.5) is 23.2 Å². The normalized spacial score (nSPS) is 13.3. The number of aliphatic hydroxyl groups excluding tert-OH is 1. The lowest BCUT2D eigenvalue weighted by Crippen LogP contribution is -2.36. The van der Waals surface area contributed by atoms with E-state index in [0.29, 0.717) is 6.07 Å². The van der Waals surface area contributed by atoms with Crippen molar-refractivity contribution in [1.29, 1.82) is 0 Å². The van der Waals surface area contributed by atoms with Crippen LogP contribution < -0.4 is 5.32 Å². The van der Waals surface area contributed by atoms with Gasteiger partial charge in [-0.05, 0) is 32.0 Å². The van der Waals surface area contributed by atoms with E-state index in [1.807, 2.05) is 0 Å². The number of alkyl halides is 3. The molecule has 0 atom stereocenters. The van der Waals surface area contributed by atoms with E-state index >= 15 is 0 Å². The van der Waals surface area contributed by atoms with Gasteiger partial charge in [-0.25, -0.2) is 12.8 Å². The third kappa shape index (κ3) is 3.40. The largest absolute Gasteiger partial charge is 0.501 e. The van der Waals surface area contributed by atoms with Gasteiger partial charge in [0.05, 0.1) is 17.8 Å². The zero-order chi connectivity index (χ0) is 15.8. The van der Waals surface area contributed by atoms with E-state index in [2.05, 4.69) is 5.32 Å². The Hall–Kier alpha value is -1.35. The molecule has 0 saturated heterocycles. The minimum absolute atomic E-state index is 0.290. The quantitative estimate of drug-likeness (QED) is 0.837. The van der Waals surface area contributed by atoms with Crippen molar-refractivity contribution in [3.63, 3.8) is 0 Å². The summed E-state index contributed by atoms with van der Waals surface area (Å²) in [6.07, 6.45) is 0. The monoisotopic (exact) mass is 315 g/mol. The first-order valence-corrected chi connectivity index (χ1v) is 6.89. The summed E-state index contributed by atoms with van der Waals surface area (Å²) in [7, 11) is -5.69. The molecule has 4 nitrogen and oxygen atoms in total. The Morgan fingerprint density at radius 3 is 2.25 bits per heavy atom. The van der Waals surface area contributed by atoms with Gasteiger partial charge in [-0.15, -0.1) is 0 Å². The molecule has 114 valence electrons. The average Bonchev–Trinajstić information content (AvgIpc) is 2.29. The Labute approximate surface area is 113 Å². The summed E-state index contributed by atoms with van der Waals surface area (Å²) in [6, 6.07) is 2.00. The first-order valence-electron chi connectivity index (χ1n) is 5.41. The van der Waals surface area contributed by atoms with Gasteiger partial charge in [0.1, 0.15) is 10.7 Å². The van der Waals surface area contributed by atoms with Crippen molar-refractivity contribution in [3.8, 4) is 0 Å². The summed E-state index contributed by atoms with van der Waals surface area (Å²) in [6.45, 7) is 2.43. The molecule has 0 amide bonds. The lowest BCUT2D eigenvalue weighted by atomic mass is 10.1. The molecule has 1 rings (SSSR count). The van der Waals surface area contributed by atoms with E-state index < -0.39 is 43.9 Å². The van der Waals surface area contributed by atoms with Crippen molar-refractivity contribution < 1.29 is 31.1 Å². The molecule has 1 aromatic carbocycles. The molecule has 9 heteroatoms. The second-order valence-electron chi connectivity index (χ2n) is 4.76. The highest BCUT2D eigenvalue weighted by Gasteiger charge is 2.48. The van der Waals surface area contributed by atoms with E-state index in [0.717, 1.165) is 12.1 Å². The maximum absolute atomic E-state index is 13.1. The standard InChI is InChI=1S/C11H13F4NO3S/c1-10(2,6-17)16-8-4-3-7(12)5-9(8)20(18,19)11(13,14)15/h3-5,16-17H,6H2,1-2H3. The van der Waals surface area contributed by atoms with Gasteiger partial charge in [-0.3, -0.25) is 0 Å². The minimum Gasteiger partial charge on any atom is -0.394 e. The molecule has 0 aliphatic rings. The highest BCUT2D eigenvalue weighted by atomic mass is 32.2. The van der Waals surface area contributed by atoms with Crippen molar-refractivity contribution >= 4 is 15.5 Å². The molecule has 1 aromatic rings.